The van der Waals surface area contributed by atoms with E-state index in [9.17, 15) is 18.0 Å². The Hall–Kier alpha value is -2.88. The third-order valence-corrected chi connectivity index (χ3v) is 6.72. The van der Waals surface area contributed by atoms with Gasteiger partial charge >= 0.3 is 6.18 Å². The van der Waals surface area contributed by atoms with E-state index < -0.39 is 12.1 Å². The fourth-order valence-corrected chi connectivity index (χ4v) is 4.48. The van der Waals surface area contributed by atoms with E-state index in [0.717, 1.165) is 37.3 Å². The summed E-state index contributed by atoms with van der Waals surface area (Å²) >= 11 is 0. The molecule has 0 saturated carbocycles. The van der Waals surface area contributed by atoms with E-state index in [1.807, 2.05) is 35.2 Å². The molecule has 2 fully saturated rings. The van der Waals surface area contributed by atoms with E-state index in [4.69, 9.17) is 0 Å². The van der Waals surface area contributed by atoms with Crippen molar-refractivity contribution in [1.29, 1.82) is 0 Å². The number of nitrogens with one attached hydrogen (secondary N) is 2. The number of piperidine rings is 2. The monoisotopic (exact) mass is 476 g/mol. The molecule has 2 aromatic rings. The number of carbonyl (C=O) groups is 1. The quantitative estimate of drug-likeness (QED) is 0.658. The Morgan fingerprint density at radius 3 is 2.24 bits per heavy atom. The van der Waals surface area contributed by atoms with Crippen molar-refractivity contribution >= 4 is 23.1 Å². The molecule has 7 nitrogen and oxygen atoms in total. The predicted octanol–water partition coefficient (Wildman–Crippen LogP) is 3.96. The van der Waals surface area contributed by atoms with E-state index in [0.29, 0.717) is 31.1 Å². The van der Waals surface area contributed by atoms with Gasteiger partial charge in [0.2, 0.25) is 5.91 Å². The second-order valence-corrected chi connectivity index (χ2v) is 9.18. The number of anilines is 3. The number of hydrogen-bond donors (Lipinski definition) is 2. The summed E-state index contributed by atoms with van der Waals surface area (Å²) in [5.74, 6) is -0.498. The molecular formula is C24H31F3N6O. The lowest BCUT2D eigenvalue weighted by atomic mass is 9.96. The van der Waals surface area contributed by atoms with Crippen LogP contribution in [0, 0.1) is 11.8 Å². The second kappa shape index (κ2) is 10.6. The number of nitrogens with zero attached hydrogens (tertiary/aromatic N) is 4. The van der Waals surface area contributed by atoms with Gasteiger partial charge in [0.15, 0.2) is 5.82 Å². The van der Waals surface area contributed by atoms with Crippen molar-refractivity contribution in [3.8, 4) is 0 Å². The summed E-state index contributed by atoms with van der Waals surface area (Å²) in [6, 6.07) is 11.2. The molecule has 1 aromatic heterocycles. The highest BCUT2D eigenvalue weighted by Gasteiger charge is 2.41. The zero-order valence-corrected chi connectivity index (χ0v) is 19.3. The van der Waals surface area contributed by atoms with E-state index >= 15 is 0 Å². The molecule has 10 heteroatoms. The summed E-state index contributed by atoms with van der Waals surface area (Å²) in [4.78, 5) is 16.6. The normalized spacial score (nSPS) is 18.6. The molecule has 4 rings (SSSR count). The minimum Gasteiger partial charge on any atom is -0.372 e. The van der Waals surface area contributed by atoms with Gasteiger partial charge in [0.1, 0.15) is 0 Å². The van der Waals surface area contributed by atoms with Crippen molar-refractivity contribution < 1.29 is 18.0 Å². The van der Waals surface area contributed by atoms with Gasteiger partial charge in [-0.2, -0.15) is 18.3 Å². The molecule has 0 bridgehead atoms. The van der Waals surface area contributed by atoms with E-state index in [-0.39, 0.29) is 24.7 Å². The van der Waals surface area contributed by atoms with Crippen molar-refractivity contribution in [3.05, 3.63) is 42.1 Å². The molecule has 3 heterocycles. The molecule has 184 valence electrons. The van der Waals surface area contributed by atoms with Crippen LogP contribution in [-0.4, -0.2) is 60.4 Å². The number of halogens is 3. The molecule has 2 aliphatic rings. The fraction of sp³-hybridized carbons (Fsp3) is 0.542. The van der Waals surface area contributed by atoms with Crippen LogP contribution in [0.4, 0.5) is 30.4 Å². The number of alkyl halides is 3. The number of hydrogen-bond acceptors (Lipinski definition) is 6. The molecule has 1 aromatic carbocycles. The number of benzene rings is 1. The summed E-state index contributed by atoms with van der Waals surface area (Å²) in [7, 11) is 2.07. The highest BCUT2D eigenvalue weighted by atomic mass is 19.4. The molecule has 2 N–H and O–H groups in total. The van der Waals surface area contributed by atoms with Gasteiger partial charge in [0, 0.05) is 30.4 Å². The molecule has 34 heavy (non-hydrogen) atoms. The maximum atomic E-state index is 12.9. The lowest BCUT2D eigenvalue weighted by Crippen LogP contribution is -2.38. The molecule has 0 radical (unpaired) electrons. The lowest BCUT2D eigenvalue weighted by Gasteiger charge is -2.34. The van der Waals surface area contributed by atoms with Crippen LogP contribution < -0.4 is 15.5 Å². The minimum atomic E-state index is -4.10. The first-order chi connectivity index (χ1) is 16.3. The van der Waals surface area contributed by atoms with Crippen LogP contribution in [0.1, 0.15) is 31.4 Å². The van der Waals surface area contributed by atoms with E-state index in [1.165, 1.54) is 0 Å². The maximum Gasteiger partial charge on any atom is 0.391 e. The van der Waals surface area contributed by atoms with Gasteiger partial charge in [0.05, 0.1) is 18.2 Å². The lowest BCUT2D eigenvalue weighted by molar-refractivity contribution is -0.179. The summed E-state index contributed by atoms with van der Waals surface area (Å²) in [6.07, 6.45) is -2.09. The number of carbonyl (C=O) groups excluding carboxylic acids is 1. The molecule has 0 unspecified atom stereocenters. The smallest absolute Gasteiger partial charge is 0.372 e. The van der Waals surface area contributed by atoms with Crippen molar-refractivity contribution in [1.82, 2.24) is 20.4 Å². The molecule has 2 saturated heterocycles. The zero-order valence-electron chi connectivity index (χ0n) is 19.3. The predicted molar refractivity (Wildman–Crippen MR) is 125 cm³/mol. The molecular weight excluding hydrogens is 445 g/mol. The van der Waals surface area contributed by atoms with Crippen molar-refractivity contribution in [2.75, 3.05) is 43.4 Å². The Morgan fingerprint density at radius 2 is 1.65 bits per heavy atom. The molecule has 0 spiro atoms. The van der Waals surface area contributed by atoms with Gasteiger partial charge in [-0.15, -0.1) is 5.10 Å². The van der Waals surface area contributed by atoms with Gasteiger partial charge in [0.25, 0.3) is 0 Å². The number of likely N-dealkylation sites (tertiary alicyclic amines) is 1. The van der Waals surface area contributed by atoms with Gasteiger partial charge in [-0.3, -0.25) is 4.79 Å². The van der Waals surface area contributed by atoms with Crippen LogP contribution in [0.15, 0.2) is 36.4 Å². The largest absolute Gasteiger partial charge is 0.391 e. The van der Waals surface area contributed by atoms with Crippen LogP contribution >= 0.6 is 0 Å². The van der Waals surface area contributed by atoms with Crippen LogP contribution in [0.3, 0.4) is 0 Å². The van der Waals surface area contributed by atoms with Crippen LogP contribution in [-0.2, 0) is 11.3 Å². The van der Waals surface area contributed by atoms with E-state index in [1.54, 1.807) is 6.07 Å². The third kappa shape index (κ3) is 6.37. The minimum absolute atomic E-state index is 0.0593. The Morgan fingerprint density at radius 1 is 0.971 bits per heavy atom. The van der Waals surface area contributed by atoms with Gasteiger partial charge in [-0.25, -0.2) is 0 Å². The Kier molecular flexibility index (Phi) is 7.55. The van der Waals surface area contributed by atoms with Gasteiger partial charge in [-0.1, -0.05) is 0 Å². The summed E-state index contributed by atoms with van der Waals surface area (Å²) in [5, 5.41) is 14.5. The fourth-order valence-electron chi connectivity index (χ4n) is 4.48. The van der Waals surface area contributed by atoms with Crippen LogP contribution in [0.5, 0.6) is 0 Å². The topological polar surface area (TPSA) is 73.4 Å². The molecule has 2 aliphatic heterocycles. The van der Waals surface area contributed by atoms with Crippen LogP contribution in [0.25, 0.3) is 0 Å². The third-order valence-electron chi connectivity index (χ3n) is 6.72. The summed E-state index contributed by atoms with van der Waals surface area (Å²) in [6.45, 7) is 3.03. The first kappa shape index (κ1) is 24.3. The number of aromatic nitrogens is 2. The highest BCUT2D eigenvalue weighted by molar-refractivity contribution is 5.78. The highest BCUT2D eigenvalue weighted by Crippen LogP contribution is 2.35. The van der Waals surface area contributed by atoms with E-state index in [2.05, 4.69) is 32.8 Å². The number of rotatable bonds is 6. The maximum absolute atomic E-state index is 12.9. The SMILES string of the molecule is CN1CCC(C(=O)NCc2ccc(Nc3ccc(N4CCC(C(F)(F)F)CC4)cc3)nn2)CC1. The van der Waals surface area contributed by atoms with Crippen molar-refractivity contribution in [2.24, 2.45) is 11.8 Å². The van der Waals surface area contributed by atoms with Crippen molar-refractivity contribution in [2.45, 2.75) is 38.4 Å². The summed E-state index contributed by atoms with van der Waals surface area (Å²) in [5.41, 5.74) is 2.41. The Labute approximate surface area is 197 Å². The Bertz CT molecular complexity index is 935. The van der Waals surface area contributed by atoms with Crippen LogP contribution in [0.2, 0.25) is 0 Å². The molecule has 0 atom stereocenters. The average Bonchev–Trinajstić information content (AvgIpc) is 2.84. The first-order valence-corrected chi connectivity index (χ1v) is 11.8. The standard InChI is InChI=1S/C24H31F3N6O/c1-32-12-8-17(9-13-32)23(34)28-16-20-4-7-22(31-30-20)29-19-2-5-21(6-3-19)33-14-10-18(11-15-33)24(25,26)27/h2-7,17-18H,8-16H2,1H3,(H,28,34)(H,29,31). The second-order valence-electron chi connectivity index (χ2n) is 9.18. The number of amides is 1. The average molecular weight is 477 g/mol. The molecule has 1 amide bonds. The zero-order chi connectivity index (χ0) is 24.1. The first-order valence-electron chi connectivity index (χ1n) is 11.8. The molecule has 0 aliphatic carbocycles. The van der Waals surface area contributed by atoms with Gasteiger partial charge in [-0.05, 0) is 82.2 Å². The van der Waals surface area contributed by atoms with Gasteiger partial charge < -0.3 is 20.4 Å². The Balaban J connectivity index is 1.24. The van der Waals surface area contributed by atoms with Crippen molar-refractivity contribution in [3.63, 3.8) is 0 Å². The summed E-state index contributed by atoms with van der Waals surface area (Å²) < 4.78 is 38.6.